The third-order valence-electron chi connectivity index (χ3n) is 12.0. The number of carbonyl (C=O) groups is 3. The van der Waals surface area contributed by atoms with E-state index in [-0.39, 0.29) is 37.5 Å². The van der Waals surface area contributed by atoms with Gasteiger partial charge in [-0.2, -0.15) is 0 Å². The molecule has 75 heavy (non-hydrogen) atoms. The summed E-state index contributed by atoms with van der Waals surface area (Å²) in [6.45, 7) is 6.24. The third kappa shape index (κ3) is 59.8. The van der Waals surface area contributed by atoms with Crippen LogP contribution in [-0.2, 0) is 28.6 Å². The Bertz CT molecular complexity index is 1710. The fourth-order valence-corrected chi connectivity index (χ4v) is 7.63. The fourth-order valence-electron chi connectivity index (χ4n) is 7.63. The van der Waals surface area contributed by atoms with Gasteiger partial charge < -0.3 is 14.2 Å². The van der Waals surface area contributed by atoms with Crippen molar-refractivity contribution >= 4 is 17.9 Å². The first-order valence-corrected chi connectivity index (χ1v) is 30.0. The molecule has 0 N–H and O–H groups in total. The summed E-state index contributed by atoms with van der Waals surface area (Å²) >= 11 is 0. The molecule has 0 aliphatic carbocycles. The van der Waals surface area contributed by atoms with Crippen molar-refractivity contribution in [2.24, 2.45) is 0 Å². The van der Waals surface area contributed by atoms with Crippen molar-refractivity contribution in [3.8, 4) is 0 Å². The maximum absolute atomic E-state index is 12.9. The van der Waals surface area contributed by atoms with Gasteiger partial charge in [-0.05, 0) is 141 Å². The fraction of sp³-hybridized carbons (Fsp3) is 0.580. The van der Waals surface area contributed by atoms with Crippen molar-refractivity contribution in [3.05, 3.63) is 158 Å². The third-order valence-corrected chi connectivity index (χ3v) is 12.0. The van der Waals surface area contributed by atoms with E-state index in [9.17, 15) is 14.4 Å². The largest absolute Gasteiger partial charge is 0.462 e. The Morgan fingerprint density at radius 3 is 0.747 bits per heavy atom. The van der Waals surface area contributed by atoms with Crippen molar-refractivity contribution in [3.63, 3.8) is 0 Å². The van der Waals surface area contributed by atoms with Gasteiger partial charge in [-0.1, -0.05) is 237 Å². The normalized spacial score (nSPS) is 13.3. The highest BCUT2D eigenvalue weighted by Crippen LogP contribution is 2.13. The highest BCUT2D eigenvalue weighted by atomic mass is 16.6. The van der Waals surface area contributed by atoms with Gasteiger partial charge >= 0.3 is 17.9 Å². The maximum atomic E-state index is 12.9. The first-order chi connectivity index (χ1) is 37.0. The summed E-state index contributed by atoms with van der Waals surface area (Å²) in [5, 5.41) is 0. The van der Waals surface area contributed by atoms with Gasteiger partial charge in [0.1, 0.15) is 13.2 Å². The summed E-state index contributed by atoms with van der Waals surface area (Å²) in [5.41, 5.74) is 0. The van der Waals surface area contributed by atoms with Crippen molar-refractivity contribution in [2.45, 2.75) is 245 Å². The van der Waals surface area contributed by atoms with E-state index in [1.807, 2.05) is 0 Å². The average molecular weight is 1030 g/mol. The number of hydrogen-bond donors (Lipinski definition) is 0. The molecule has 0 saturated heterocycles. The molecule has 0 aromatic rings. The van der Waals surface area contributed by atoms with Crippen LogP contribution in [0.2, 0.25) is 0 Å². The zero-order chi connectivity index (χ0) is 54.3. The van der Waals surface area contributed by atoms with Crippen LogP contribution < -0.4 is 0 Å². The van der Waals surface area contributed by atoms with E-state index in [4.69, 9.17) is 14.2 Å². The summed E-state index contributed by atoms with van der Waals surface area (Å²) in [6, 6.07) is 0. The van der Waals surface area contributed by atoms with Crippen LogP contribution >= 0.6 is 0 Å². The van der Waals surface area contributed by atoms with E-state index in [1.165, 1.54) is 25.7 Å². The van der Waals surface area contributed by atoms with Crippen LogP contribution in [0.15, 0.2) is 158 Å². The molecule has 0 amide bonds. The van der Waals surface area contributed by atoms with E-state index < -0.39 is 6.10 Å². The summed E-state index contributed by atoms with van der Waals surface area (Å²) in [5.74, 6) is -0.973. The Labute approximate surface area is 460 Å². The van der Waals surface area contributed by atoms with Crippen LogP contribution in [0.5, 0.6) is 0 Å². The van der Waals surface area contributed by atoms with Crippen LogP contribution in [-0.4, -0.2) is 37.2 Å². The zero-order valence-electron chi connectivity index (χ0n) is 48.0. The molecule has 0 aliphatic rings. The molecule has 1 unspecified atom stereocenters. The second kappa shape index (κ2) is 61.6. The van der Waals surface area contributed by atoms with Gasteiger partial charge in [0.05, 0.1) is 0 Å². The second-order valence-corrected chi connectivity index (χ2v) is 19.1. The van der Waals surface area contributed by atoms with E-state index in [2.05, 4.69) is 179 Å². The second-order valence-electron chi connectivity index (χ2n) is 19.1. The molecule has 1 atom stereocenters. The van der Waals surface area contributed by atoms with Crippen LogP contribution in [0.1, 0.15) is 239 Å². The minimum atomic E-state index is -0.816. The molecule has 0 aromatic heterocycles. The number of rotatable bonds is 52. The Balaban J connectivity index is 4.52. The van der Waals surface area contributed by atoms with Crippen molar-refractivity contribution < 1.29 is 28.6 Å². The smallest absolute Gasteiger partial charge is 0.306 e. The first-order valence-electron chi connectivity index (χ1n) is 30.0. The van der Waals surface area contributed by atoms with Gasteiger partial charge in [-0.15, -0.1) is 0 Å². The van der Waals surface area contributed by atoms with Crippen molar-refractivity contribution in [2.75, 3.05) is 13.2 Å². The van der Waals surface area contributed by atoms with Crippen LogP contribution in [0.25, 0.3) is 0 Å². The highest BCUT2D eigenvalue weighted by Gasteiger charge is 2.19. The quantitative estimate of drug-likeness (QED) is 0.0261. The van der Waals surface area contributed by atoms with Crippen LogP contribution in [0, 0.1) is 0 Å². The molecule has 0 rings (SSSR count). The molecule has 0 aromatic carbocycles. The Morgan fingerprint density at radius 2 is 0.480 bits per heavy atom. The Morgan fingerprint density at radius 1 is 0.267 bits per heavy atom. The minimum absolute atomic E-state index is 0.109. The van der Waals surface area contributed by atoms with Gasteiger partial charge in [0.25, 0.3) is 0 Å². The number of esters is 3. The summed E-state index contributed by atoms with van der Waals surface area (Å²) in [7, 11) is 0. The topological polar surface area (TPSA) is 78.9 Å². The van der Waals surface area contributed by atoms with Gasteiger partial charge in [-0.25, -0.2) is 0 Å². The minimum Gasteiger partial charge on any atom is -0.462 e. The molecule has 0 spiro atoms. The molecule has 0 fully saturated rings. The van der Waals surface area contributed by atoms with E-state index in [1.54, 1.807) is 0 Å². The van der Waals surface area contributed by atoms with E-state index in [0.29, 0.717) is 12.8 Å². The van der Waals surface area contributed by atoms with Gasteiger partial charge in [0.15, 0.2) is 6.10 Å². The summed E-state index contributed by atoms with van der Waals surface area (Å²) < 4.78 is 16.9. The predicted octanol–water partition coefficient (Wildman–Crippen LogP) is 20.5. The molecule has 420 valence electrons. The molecular formula is C69H108O6. The number of ether oxygens (including phenoxy) is 3. The number of allylic oxidation sites excluding steroid dienone is 26. The lowest BCUT2D eigenvalue weighted by molar-refractivity contribution is -0.167. The highest BCUT2D eigenvalue weighted by molar-refractivity contribution is 5.71. The Hall–Kier alpha value is -4.97. The zero-order valence-corrected chi connectivity index (χ0v) is 48.0. The number of hydrogen-bond acceptors (Lipinski definition) is 6. The SMILES string of the molecule is CC/C=C\C/C=C\C/C=C\C/C=C\C/C=C\C/C=C\CCCCCCC(=O)OCC(COC(=O)CCCCCCCCC/C=C\C/C=C\C/C=C\CC)OC(=O)CCCCCC/C=C\C/C=C\C/C=C\C/C=C\CC. The molecular weight excluding hydrogens is 925 g/mol. The molecule has 0 aliphatic heterocycles. The predicted molar refractivity (Wildman–Crippen MR) is 325 cm³/mol. The Kier molecular flexibility index (Phi) is 57.5. The number of unbranched alkanes of at least 4 members (excludes halogenated alkanes) is 15. The lowest BCUT2D eigenvalue weighted by Crippen LogP contribution is -2.30. The van der Waals surface area contributed by atoms with Crippen LogP contribution in [0.4, 0.5) is 0 Å². The van der Waals surface area contributed by atoms with Crippen LogP contribution in [0.3, 0.4) is 0 Å². The van der Waals surface area contributed by atoms with Gasteiger partial charge in [-0.3, -0.25) is 14.4 Å². The number of carbonyl (C=O) groups excluding carboxylic acids is 3. The van der Waals surface area contributed by atoms with E-state index >= 15 is 0 Å². The van der Waals surface area contributed by atoms with Gasteiger partial charge in [0.2, 0.25) is 0 Å². The monoisotopic (exact) mass is 1030 g/mol. The van der Waals surface area contributed by atoms with Gasteiger partial charge in [0, 0.05) is 19.3 Å². The average Bonchev–Trinajstić information content (AvgIpc) is 3.41. The molecule has 6 nitrogen and oxygen atoms in total. The molecule has 0 saturated carbocycles. The molecule has 0 bridgehead atoms. The summed E-state index contributed by atoms with van der Waals surface area (Å²) in [6.07, 6.45) is 89.4. The molecule has 0 heterocycles. The molecule has 0 radical (unpaired) electrons. The van der Waals surface area contributed by atoms with Crippen molar-refractivity contribution in [1.29, 1.82) is 0 Å². The molecule has 6 heteroatoms. The van der Waals surface area contributed by atoms with Crippen molar-refractivity contribution in [1.82, 2.24) is 0 Å². The van der Waals surface area contributed by atoms with E-state index in [0.717, 1.165) is 173 Å². The maximum Gasteiger partial charge on any atom is 0.306 e. The lowest BCUT2D eigenvalue weighted by atomic mass is 10.1. The summed E-state index contributed by atoms with van der Waals surface area (Å²) in [4.78, 5) is 38.3. The standard InChI is InChI=1S/C69H108O6/c1-4-7-10-13-16-19-22-25-28-31-32-33-34-35-36-39-41-44-47-50-53-56-59-62-68(71)74-65-66(75-69(72)63-60-57-54-51-48-45-42-38-30-27-24-21-18-15-12-9-6-3)64-73-67(70)61-58-55-52-49-46-43-40-37-29-26-23-20-17-14-11-8-5-2/h7-12,16-21,25-30,32-33,35-36,41-42,44-45,66H,4-6,13-15,22-24,31,34,37-40,43,46-65H2,1-3H3/b10-7-,11-8-,12-9-,19-16-,20-17-,21-18-,28-25-,29-26-,30-27-,33-32-,36-35-,44-41-,45-42-. The first kappa shape index (κ1) is 70.0. The lowest BCUT2D eigenvalue weighted by Gasteiger charge is -2.18.